The number of benzene rings is 1. The number of hydrogen-bond donors (Lipinski definition) is 3. The van der Waals surface area contributed by atoms with Crippen LogP contribution >= 0.6 is 0 Å². The van der Waals surface area contributed by atoms with Crippen LogP contribution in [0.2, 0.25) is 0 Å². The van der Waals surface area contributed by atoms with E-state index in [1.54, 1.807) is 18.2 Å². The van der Waals surface area contributed by atoms with Crippen LogP contribution in [-0.4, -0.2) is 46.4 Å². The molecule has 3 atom stereocenters. The van der Waals surface area contributed by atoms with E-state index in [1.807, 2.05) is 0 Å². The molecule has 24 heavy (non-hydrogen) atoms. The van der Waals surface area contributed by atoms with Gasteiger partial charge in [-0.25, -0.2) is 9.18 Å². The fraction of sp³-hybridized carbons (Fsp3) is 0.375. The minimum Gasteiger partial charge on any atom is -0.394 e. The summed E-state index contributed by atoms with van der Waals surface area (Å²) in [6.07, 6.45) is 0.799. The van der Waals surface area contributed by atoms with Crippen molar-refractivity contribution in [1.29, 1.82) is 0 Å². The Morgan fingerprint density at radius 1 is 1.42 bits per heavy atom. The zero-order chi connectivity index (χ0) is 17.3. The molecule has 0 bridgehead atoms. The van der Waals surface area contributed by atoms with Gasteiger partial charge in [-0.2, -0.15) is 0 Å². The number of nitrogens with zero attached hydrogens (tertiary/aromatic N) is 1. The molecule has 2 heterocycles. The van der Waals surface area contributed by atoms with Crippen LogP contribution in [0.1, 0.15) is 23.2 Å². The minimum absolute atomic E-state index is 0.175. The summed E-state index contributed by atoms with van der Waals surface area (Å²) in [6, 6.07) is 7.21. The van der Waals surface area contributed by atoms with E-state index in [4.69, 9.17) is 15.6 Å². The number of amides is 2. The fourth-order valence-corrected chi connectivity index (χ4v) is 2.80. The van der Waals surface area contributed by atoms with Gasteiger partial charge in [-0.1, -0.05) is 30.3 Å². The van der Waals surface area contributed by atoms with E-state index in [-0.39, 0.29) is 12.2 Å². The Balaban J connectivity index is 1.84. The Hall–Kier alpha value is -2.29. The number of ketones is 1. The second kappa shape index (κ2) is 6.31. The van der Waals surface area contributed by atoms with Crippen molar-refractivity contribution >= 4 is 11.8 Å². The normalized spacial score (nSPS) is 30.0. The lowest BCUT2D eigenvalue weighted by Gasteiger charge is -2.37. The first kappa shape index (κ1) is 16.6. The Bertz CT molecular complexity index is 681. The Morgan fingerprint density at radius 2 is 2.12 bits per heavy atom. The Labute approximate surface area is 137 Å². The molecule has 2 amide bonds. The van der Waals surface area contributed by atoms with Gasteiger partial charge in [-0.15, -0.1) is 0 Å². The number of hydrogen-bond acceptors (Lipinski definition) is 5. The Kier molecular flexibility index (Phi) is 4.35. The van der Waals surface area contributed by atoms with Crippen LogP contribution < -0.4 is 11.1 Å². The highest BCUT2D eigenvalue weighted by Crippen LogP contribution is 2.29. The lowest BCUT2D eigenvalue weighted by molar-refractivity contribution is -0.0394. The van der Waals surface area contributed by atoms with Gasteiger partial charge in [0.05, 0.1) is 12.7 Å². The van der Waals surface area contributed by atoms with E-state index in [1.165, 1.54) is 12.1 Å². The highest BCUT2D eigenvalue weighted by Gasteiger charge is 2.47. The monoisotopic (exact) mass is 335 g/mol. The average Bonchev–Trinajstić information content (AvgIpc) is 3.07. The number of aliphatic hydroxyl groups excluding tert-OH is 1. The molecular weight excluding hydrogens is 317 g/mol. The maximum atomic E-state index is 14.6. The zero-order valence-electron chi connectivity index (χ0n) is 12.8. The van der Waals surface area contributed by atoms with Crippen molar-refractivity contribution in [3.8, 4) is 0 Å². The third-order valence-corrected chi connectivity index (χ3v) is 4.16. The van der Waals surface area contributed by atoms with Crippen molar-refractivity contribution < 1.29 is 23.8 Å². The van der Waals surface area contributed by atoms with Crippen LogP contribution in [0, 0.1) is 0 Å². The molecule has 1 aromatic rings. The first-order valence-electron chi connectivity index (χ1n) is 7.59. The van der Waals surface area contributed by atoms with Crippen LogP contribution in [-0.2, 0) is 4.74 Å². The van der Waals surface area contributed by atoms with Crippen LogP contribution in [0.3, 0.4) is 0 Å². The predicted octanol–water partition coefficient (Wildman–Crippen LogP) is 0.858. The van der Waals surface area contributed by atoms with Crippen molar-refractivity contribution in [2.24, 2.45) is 5.73 Å². The van der Waals surface area contributed by atoms with Crippen LogP contribution in [0.4, 0.5) is 9.18 Å². The molecule has 0 aliphatic carbocycles. The van der Waals surface area contributed by atoms with Crippen LogP contribution in [0.25, 0.3) is 0 Å². The lowest BCUT2D eigenvalue weighted by atomic mass is 9.96. The van der Waals surface area contributed by atoms with Gasteiger partial charge in [0.2, 0.25) is 11.4 Å². The third-order valence-electron chi connectivity index (χ3n) is 4.16. The number of aliphatic hydroxyl groups is 1. The molecule has 4 N–H and O–H groups in total. The highest BCUT2D eigenvalue weighted by atomic mass is 19.1. The molecule has 128 valence electrons. The predicted molar refractivity (Wildman–Crippen MR) is 82.2 cm³/mol. The first-order valence-corrected chi connectivity index (χ1v) is 7.59. The number of nitrogens with one attached hydrogen (secondary N) is 1. The molecule has 3 rings (SSSR count). The quantitative estimate of drug-likeness (QED) is 0.708. The molecule has 0 radical (unpaired) electrons. The van der Waals surface area contributed by atoms with E-state index in [0.717, 1.165) is 11.1 Å². The van der Waals surface area contributed by atoms with Gasteiger partial charge >= 0.3 is 6.03 Å². The van der Waals surface area contributed by atoms with E-state index >= 15 is 0 Å². The number of carbonyl (C=O) groups is 2. The largest absolute Gasteiger partial charge is 0.394 e. The lowest BCUT2D eigenvalue weighted by Crippen LogP contribution is -2.67. The average molecular weight is 335 g/mol. The van der Waals surface area contributed by atoms with E-state index in [2.05, 4.69) is 5.32 Å². The number of Topliss-reactive ketones (excluding diaryl/α,β-unsaturated/α-hetero) is 1. The van der Waals surface area contributed by atoms with Gasteiger partial charge in [-0.3, -0.25) is 15.4 Å². The third kappa shape index (κ3) is 2.79. The van der Waals surface area contributed by atoms with Crippen LogP contribution in [0.15, 0.2) is 42.4 Å². The summed E-state index contributed by atoms with van der Waals surface area (Å²) >= 11 is 0. The van der Waals surface area contributed by atoms with Gasteiger partial charge in [-0.05, 0) is 12.8 Å². The van der Waals surface area contributed by atoms with Crippen molar-refractivity contribution in [2.45, 2.75) is 30.8 Å². The zero-order valence-corrected chi connectivity index (χ0v) is 12.8. The number of halogens is 1. The summed E-state index contributed by atoms with van der Waals surface area (Å²) in [5, 5.41) is 11.3. The van der Waals surface area contributed by atoms with Gasteiger partial charge in [0, 0.05) is 11.8 Å². The number of nitrogens with two attached hydrogens (primary N) is 1. The van der Waals surface area contributed by atoms with Crippen molar-refractivity contribution in [2.75, 3.05) is 6.61 Å². The number of urea groups is 1. The van der Waals surface area contributed by atoms with Crippen LogP contribution in [0.5, 0.6) is 0 Å². The molecule has 1 unspecified atom stereocenters. The summed E-state index contributed by atoms with van der Waals surface area (Å²) in [6.45, 7) is -0.175. The van der Waals surface area contributed by atoms with E-state index in [9.17, 15) is 14.0 Å². The summed E-state index contributed by atoms with van der Waals surface area (Å²) in [4.78, 5) is 25.8. The summed E-state index contributed by atoms with van der Waals surface area (Å²) in [5.41, 5.74) is 3.79. The molecule has 0 aromatic heterocycles. The maximum Gasteiger partial charge on any atom is 0.325 e. The number of carbonyl (C=O) groups excluding carboxylic acids is 2. The SMILES string of the molecule is NC1(C(=O)c2ccccc2)NC(=O)N([C@H]2CC[C@@H](CO)O2)C=C1F. The maximum absolute atomic E-state index is 14.6. The smallest absolute Gasteiger partial charge is 0.325 e. The topological polar surface area (TPSA) is 105 Å². The summed E-state index contributed by atoms with van der Waals surface area (Å²) in [7, 11) is 0. The summed E-state index contributed by atoms with van der Waals surface area (Å²) in [5.74, 6) is -1.72. The summed E-state index contributed by atoms with van der Waals surface area (Å²) < 4.78 is 20.0. The second-order valence-corrected chi connectivity index (χ2v) is 5.79. The van der Waals surface area contributed by atoms with Gasteiger partial charge in [0.1, 0.15) is 6.23 Å². The number of ether oxygens (including phenoxy) is 1. The molecule has 2 aliphatic heterocycles. The molecule has 0 saturated carbocycles. The molecule has 2 aliphatic rings. The molecule has 0 spiro atoms. The van der Waals surface area contributed by atoms with Gasteiger partial charge < -0.3 is 15.2 Å². The highest BCUT2D eigenvalue weighted by molar-refractivity contribution is 6.07. The molecule has 1 fully saturated rings. The van der Waals surface area contributed by atoms with Gasteiger partial charge in [0.25, 0.3) is 0 Å². The van der Waals surface area contributed by atoms with Crippen molar-refractivity contribution in [3.05, 3.63) is 47.9 Å². The molecular formula is C16H18FN3O4. The van der Waals surface area contributed by atoms with Crippen molar-refractivity contribution in [1.82, 2.24) is 10.2 Å². The molecule has 7 nitrogen and oxygen atoms in total. The van der Waals surface area contributed by atoms with E-state index in [0.29, 0.717) is 12.8 Å². The van der Waals surface area contributed by atoms with Gasteiger partial charge in [0.15, 0.2) is 5.83 Å². The molecule has 1 aromatic carbocycles. The molecule has 1 saturated heterocycles. The fourth-order valence-electron chi connectivity index (χ4n) is 2.80. The number of rotatable bonds is 4. The standard InChI is InChI=1S/C16H18FN3O4/c17-12-8-20(13-7-6-11(9-21)24-13)15(23)19-16(12,18)14(22)10-4-2-1-3-5-10/h1-5,8,11,13,21H,6-7,9,18H2,(H,19,23)/t11-,13+,16?/m0/s1. The Morgan fingerprint density at radius 3 is 2.75 bits per heavy atom. The second-order valence-electron chi connectivity index (χ2n) is 5.79. The molecule has 8 heteroatoms. The van der Waals surface area contributed by atoms with E-state index < -0.39 is 35.6 Å². The first-order chi connectivity index (χ1) is 11.5. The minimum atomic E-state index is -2.25. The van der Waals surface area contributed by atoms with Crippen molar-refractivity contribution in [3.63, 3.8) is 0 Å².